The predicted octanol–water partition coefficient (Wildman–Crippen LogP) is 3.54. The number of halogens is 2. The van der Waals surface area contributed by atoms with E-state index in [0.29, 0.717) is 16.6 Å². The van der Waals surface area contributed by atoms with Crippen molar-refractivity contribution < 1.29 is 14.7 Å². The van der Waals surface area contributed by atoms with Crippen LogP contribution in [0.15, 0.2) is 27.1 Å². The minimum Gasteiger partial charge on any atom is -0.480 e. The SMILES string of the molecule is CC1CCCN(C(=O)c2ccc(Br)cc2Br)C1C(=O)O. The molecule has 1 saturated heterocycles. The van der Waals surface area contributed by atoms with E-state index in [1.807, 2.05) is 6.92 Å². The lowest BCUT2D eigenvalue weighted by atomic mass is 9.90. The number of carboxylic acid groups (broad SMARTS) is 1. The van der Waals surface area contributed by atoms with E-state index >= 15 is 0 Å². The summed E-state index contributed by atoms with van der Waals surface area (Å²) in [5.41, 5.74) is 0.494. The number of rotatable bonds is 2. The van der Waals surface area contributed by atoms with Crippen molar-refractivity contribution in [2.24, 2.45) is 5.92 Å². The fraction of sp³-hybridized carbons (Fsp3) is 0.429. The molecule has 2 unspecified atom stereocenters. The van der Waals surface area contributed by atoms with E-state index in [1.165, 1.54) is 4.90 Å². The van der Waals surface area contributed by atoms with Crippen LogP contribution in [-0.2, 0) is 4.79 Å². The van der Waals surface area contributed by atoms with Gasteiger partial charge in [-0.05, 0) is 52.9 Å². The Kier molecular flexibility index (Phi) is 4.86. The molecule has 1 aliphatic rings. The van der Waals surface area contributed by atoms with Gasteiger partial charge >= 0.3 is 5.97 Å². The highest BCUT2D eigenvalue weighted by Crippen LogP contribution is 2.28. The van der Waals surface area contributed by atoms with Crippen molar-refractivity contribution in [1.29, 1.82) is 0 Å². The number of amides is 1. The number of carbonyl (C=O) groups excluding carboxylic acids is 1. The molecule has 1 aromatic rings. The summed E-state index contributed by atoms with van der Waals surface area (Å²) < 4.78 is 1.53. The Morgan fingerprint density at radius 3 is 2.65 bits per heavy atom. The molecule has 0 bridgehead atoms. The molecule has 20 heavy (non-hydrogen) atoms. The standard InChI is InChI=1S/C14H15Br2NO3/c1-8-3-2-6-17(12(8)14(19)20)13(18)10-5-4-9(15)7-11(10)16/h4-5,7-8,12H,2-3,6H2,1H3,(H,19,20). The molecule has 1 aliphatic heterocycles. The van der Waals surface area contributed by atoms with Crippen LogP contribution in [0.3, 0.4) is 0 Å². The molecule has 1 aromatic carbocycles. The quantitative estimate of drug-likeness (QED) is 0.820. The Labute approximate surface area is 134 Å². The third-order valence-electron chi connectivity index (χ3n) is 3.61. The van der Waals surface area contributed by atoms with E-state index in [0.717, 1.165) is 17.3 Å². The molecule has 1 N–H and O–H groups in total. The average Bonchev–Trinajstić information content (AvgIpc) is 2.37. The Balaban J connectivity index is 2.33. The lowest BCUT2D eigenvalue weighted by molar-refractivity contribution is -0.145. The summed E-state index contributed by atoms with van der Waals surface area (Å²) in [4.78, 5) is 25.5. The molecule has 1 heterocycles. The molecular weight excluding hydrogens is 390 g/mol. The van der Waals surface area contributed by atoms with Gasteiger partial charge in [0.1, 0.15) is 6.04 Å². The first kappa shape index (κ1) is 15.5. The van der Waals surface area contributed by atoms with Crippen LogP contribution in [0.5, 0.6) is 0 Å². The van der Waals surface area contributed by atoms with Gasteiger partial charge in [0, 0.05) is 15.5 Å². The highest BCUT2D eigenvalue weighted by Gasteiger charge is 2.37. The molecule has 0 saturated carbocycles. The second-order valence-corrected chi connectivity index (χ2v) is 6.80. The van der Waals surface area contributed by atoms with Crippen molar-refractivity contribution in [3.63, 3.8) is 0 Å². The summed E-state index contributed by atoms with van der Waals surface area (Å²) in [6, 6.07) is 4.53. The van der Waals surface area contributed by atoms with Crippen LogP contribution < -0.4 is 0 Å². The topological polar surface area (TPSA) is 57.6 Å². The smallest absolute Gasteiger partial charge is 0.326 e. The minimum absolute atomic E-state index is 0.0283. The zero-order valence-electron chi connectivity index (χ0n) is 11.0. The Morgan fingerprint density at radius 2 is 2.05 bits per heavy atom. The van der Waals surface area contributed by atoms with Gasteiger partial charge in [0.05, 0.1) is 5.56 Å². The van der Waals surface area contributed by atoms with Gasteiger partial charge in [0.15, 0.2) is 0 Å². The van der Waals surface area contributed by atoms with E-state index in [1.54, 1.807) is 18.2 Å². The minimum atomic E-state index is -0.932. The number of likely N-dealkylation sites (tertiary alicyclic amines) is 1. The molecule has 2 rings (SSSR count). The van der Waals surface area contributed by atoms with Crippen molar-refractivity contribution in [3.05, 3.63) is 32.7 Å². The summed E-state index contributed by atoms with van der Waals surface area (Å²) in [7, 11) is 0. The Morgan fingerprint density at radius 1 is 1.35 bits per heavy atom. The normalized spacial score (nSPS) is 22.6. The first-order valence-electron chi connectivity index (χ1n) is 6.40. The number of benzene rings is 1. The van der Waals surface area contributed by atoms with Crippen molar-refractivity contribution in [1.82, 2.24) is 4.90 Å². The third-order valence-corrected chi connectivity index (χ3v) is 4.76. The molecule has 1 amide bonds. The van der Waals surface area contributed by atoms with Gasteiger partial charge in [-0.2, -0.15) is 0 Å². The maximum atomic E-state index is 12.6. The van der Waals surface area contributed by atoms with Gasteiger partial charge in [0.2, 0.25) is 0 Å². The highest BCUT2D eigenvalue weighted by atomic mass is 79.9. The second-order valence-electron chi connectivity index (χ2n) is 5.03. The Bertz CT molecular complexity index is 547. The number of aliphatic carboxylic acids is 1. The first-order valence-corrected chi connectivity index (χ1v) is 7.99. The van der Waals surface area contributed by atoms with Gasteiger partial charge in [-0.25, -0.2) is 4.79 Å². The van der Waals surface area contributed by atoms with E-state index in [4.69, 9.17) is 0 Å². The van der Waals surface area contributed by atoms with Crippen molar-refractivity contribution in [2.75, 3.05) is 6.54 Å². The van der Waals surface area contributed by atoms with Crippen LogP contribution in [-0.4, -0.2) is 34.5 Å². The van der Waals surface area contributed by atoms with Crippen LogP contribution >= 0.6 is 31.9 Å². The van der Waals surface area contributed by atoms with Crippen LogP contribution in [0.4, 0.5) is 0 Å². The zero-order valence-corrected chi connectivity index (χ0v) is 14.1. The summed E-state index contributed by atoms with van der Waals surface area (Å²) in [6.45, 7) is 2.37. The van der Waals surface area contributed by atoms with E-state index in [2.05, 4.69) is 31.9 Å². The average molecular weight is 405 g/mol. The molecule has 6 heteroatoms. The second kappa shape index (κ2) is 6.26. The zero-order chi connectivity index (χ0) is 14.9. The third kappa shape index (κ3) is 3.06. The number of nitrogens with zero attached hydrogens (tertiary/aromatic N) is 1. The summed E-state index contributed by atoms with van der Waals surface area (Å²) in [6.07, 6.45) is 1.67. The molecule has 0 aromatic heterocycles. The van der Waals surface area contributed by atoms with E-state index in [-0.39, 0.29) is 11.8 Å². The van der Waals surface area contributed by atoms with Crippen LogP contribution in [0, 0.1) is 5.92 Å². The predicted molar refractivity (Wildman–Crippen MR) is 82.7 cm³/mol. The maximum absolute atomic E-state index is 12.6. The summed E-state index contributed by atoms with van der Waals surface area (Å²) in [5, 5.41) is 9.38. The number of piperidine rings is 1. The van der Waals surface area contributed by atoms with Gasteiger partial charge in [0.25, 0.3) is 5.91 Å². The van der Waals surface area contributed by atoms with Gasteiger partial charge in [-0.3, -0.25) is 4.79 Å². The largest absolute Gasteiger partial charge is 0.480 e. The van der Waals surface area contributed by atoms with Crippen LogP contribution in [0.25, 0.3) is 0 Å². The lowest BCUT2D eigenvalue weighted by Gasteiger charge is -2.37. The van der Waals surface area contributed by atoms with Gasteiger partial charge < -0.3 is 10.0 Å². The molecule has 0 aliphatic carbocycles. The number of carbonyl (C=O) groups is 2. The van der Waals surface area contributed by atoms with Crippen molar-refractivity contribution in [3.8, 4) is 0 Å². The Hall–Kier alpha value is -0.880. The molecule has 2 atom stereocenters. The molecule has 0 radical (unpaired) electrons. The van der Waals surface area contributed by atoms with Crippen molar-refractivity contribution >= 4 is 43.7 Å². The monoisotopic (exact) mass is 403 g/mol. The highest BCUT2D eigenvalue weighted by molar-refractivity contribution is 9.11. The number of hydrogen-bond acceptors (Lipinski definition) is 2. The van der Waals surface area contributed by atoms with E-state index < -0.39 is 12.0 Å². The maximum Gasteiger partial charge on any atom is 0.326 e. The van der Waals surface area contributed by atoms with Crippen LogP contribution in [0.2, 0.25) is 0 Å². The lowest BCUT2D eigenvalue weighted by Crippen LogP contribution is -2.52. The molecule has 4 nitrogen and oxygen atoms in total. The van der Waals surface area contributed by atoms with Gasteiger partial charge in [-0.1, -0.05) is 22.9 Å². The van der Waals surface area contributed by atoms with Gasteiger partial charge in [-0.15, -0.1) is 0 Å². The molecule has 108 valence electrons. The number of hydrogen-bond donors (Lipinski definition) is 1. The van der Waals surface area contributed by atoms with E-state index in [9.17, 15) is 14.7 Å². The first-order chi connectivity index (χ1) is 9.41. The molecule has 0 spiro atoms. The summed E-state index contributed by atoms with van der Waals surface area (Å²) in [5.74, 6) is -1.19. The fourth-order valence-corrected chi connectivity index (χ4v) is 3.83. The molecule has 1 fully saturated rings. The molecular formula is C14H15Br2NO3. The summed E-state index contributed by atoms with van der Waals surface area (Å²) >= 11 is 6.70. The van der Waals surface area contributed by atoms with Crippen molar-refractivity contribution in [2.45, 2.75) is 25.8 Å². The van der Waals surface area contributed by atoms with Crippen LogP contribution in [0.1, 0.15) is 30.1 Å². The number of carboxylic acids is 1. The fourth-order valence-electron chi connectivity index (χ4n) is 2.61.